The molecule has 0 aliphatic carbocycles. The number of aliphatic hydroxyl groups excluding tert-OH is 3. The first-order valence-electron chi connectivity index (χ1n) is 3.82. The van der Waals surface area contributed by atoms with Crippen molar-refractivity contribution in [3.05, 3.63) is 12.7 Å². The van der Waals surface area contributed by atoms with Crippen molar-refractivity contribution in [1.29, 1.82) is 0 Å². The second-order valence-corrected chi connectivity index (χ2v) is 2.48. The van der Waals surface area contributed by atoms with E-state index in [0.29, 0.717) is 0 Å². The number of esters is 1. The van der Waals surface area contributed by atoms with Crippen molar-refractivity contribution in [2.24, 2.45) is 0 Å². The molecule has 0 rings (SSSR count). The van der Waals surface area contributed by atoms with Crippen LogP contribution in [0.15, 0.2) is 12.7 Å². The molecule has 0 fully saturated rings. The van der Waals surface area contributed by atoms with E-state index in [1.807, 2.05) is 0 Å². The Kier molecular flexibility index (Phi) is 5.70. The highest BCUT2D eigenvalue weighted by Gasteiger charge is 2.28. The number of ether oxygens (including phenoxy) is 1. The fraction of sp³-hybridized carbons (Fsp3) is 0.500. The SMILES string of the molecule is C=CC(=O)O[C@H](C=O)[C@@H](O)[C@H](O)CO. The van der Waals surface area contributed by atoms with E-state index in [1.54, 1.807) is 0 Å². The smallest absolute Gasteiger partial charge is 0.330 e. The largest absolute Gasteiger partial charge is 0.449 e. The van der Waals surface area contributed by atoms with Crippen LogP contribution in [-0.4, -0.2) is 52.5 Å². The van der Waals surface area contributed by atoms with Crippen molar-refractivity contribution in [3.63, 3.8) is 0 Å². The maximum atomic E-state index is 10.6. The van der Waals surface area contributed by atoms with Crippen molar-refractivity contribution in [1.82, 2.24) is 0 Å². The molecule has 0 saturated carbocycles. The monoisotopic (exact) mass is 204 g/mol. The first kappa shape index (κ1) is 12.8. The Morgan fingerprint density at radius 2 is 2.07 bits per heavy atom. The van der Waals surface area contributed by atoms with Crippen LogP contribution in [0.1, 0.15) is 0 Å². The van der Waals surface area contributed by atoms with Gasteiger partial charge in [0.15, 0.2) is 12.4 Å². The lowest BCUT2D eigenvalue weighted by atomic mass is 10.1. The predicted molar refractivity (Wildman–Crippen MR) is 45.2 cm³/mol. The van der Waals surface area contributed by atoms with Crippen molar-refractivity contribution >= 4 is 12.3 Å². The van der Waals surface area contributed by atoms with Crippen LogP contribution in [0.25, 0.3) is 0 Å². The van der Waals surface area contributed by atoms with Crippen LogP contribution < -0.4 is 0 Å². The van der Waals surface area contributed by atoms with Gasteiger partial charge in [0.25, 0.3) is 0 Å². The van der Waals surface area contributed by atoms with E-state index in [2.05, 4.69) is 11.3 Å². The number of carbonyl (C=O) groups is 2. The molecule has 14 heavy (non-hydrogen) atoms. The minimum Gasteiger partial charge on any atom is -0.449 e. The average Bonchev–Trinajstić information content (AvgIpc) is 2.23. The van der Waals surface area contributed by atoms with Crippen LogP contribution in [0, 0.1) is 0 Å². The van der Waals surface area contributed by atoms with Crippen molar-refractivity contribution in [3.8, 4) is 0 Å². The van der Waals surface area contributed by atoms with Crippen molar-refractivity contribution in [2.45, 2.75) is 18.3 Å². The molecule has 0 unspecified atom stereocenters. The van der Waals surface area contributed by atoms with E-state index in [4.69, 9.17) is 15.3 Å². The maximum Gasteiger partial charge on any atom is 0.330 e. The third kappa shape index (κ3) is 3.65. The number of rotatable bonds is 6. The molecule has 3 atom stereocenters. The van der Waals surface area contributed by atoms with Gasteiger partial charge in [-0.2, -0.15) is 0 Å². The van der Waals surface area contributed by atoms with Crippen LogP contribution in [0.3, 0.4) is 0 Å². The Bertz CT molecular complexity index is 214. The van der Waals surface area contributed by atoms with Gasteiger partial charge in [-0.1, -0.05) is 6.58 Å². The summed E-state index contributed by atoms with van der Waals surface area (Å²) in [6.45, 7) is 2.35. The molecule has 0 aromatic carbocycles. The lowest BCUT2D eigenvalue weighted by molar-refractivity contribution is -0.159. The van der Waals surface area contributed by atoms with E-state index < -0.39 is 30.9 Å². The lowest BCUT2D eigenvalue weighted by Crippen LogP contribution is -2.42. The van der Waals surface area contributed by atoms with E-state index in [1.165, 1.54) is 0 Å². The van der Waals surface area contributed by atoms with Gasteiger partial charge >= 0.3 is 5.97 Å². The standard InChI is InChI=1S/C8H12O6/c1-2-7(12)14-6(4-10)8(13)5(11)3-9/h2,4-6,8-9,11,13H,1,3H2/t5-,6-,8+/m1/s1. The Morgan fingerprint density at radius 3 is 2.43 bits per heavy atom. The normalized spacial score (nSPS) is 16.5. The summed E-state index contributed by atoms with van der Waals surface area (Å²) in [7, 11) is 0. The molecule has 0 radical (unpaired) electrons. The van der Waals surface area contributed by atoms with Gasteiger partial charge in [-0.05, 0) is 0 Å². The van der Waals surface area contributed by atoms with Crippen LogP contribution in [-0.2, 0) is 14.3 Å². The number of aliphatic hydroxyl groups is 3. The summed E-state index contributed by atoms with van der Waals surface area (Å²) in [4.78, 5) is 21.0. The van der Waals surface area contributed by atoms with Gasteiger partial charge < -0.3 is 20.1 Å². The van der Waals surface area contributed by atoms with Gasteiger partial charge in [-0.25, -0.2) is 4.79 Å². The Morgan fingerprint density at radius 1 is 1.50 bits per heavy atom. The van der Waals surface area contributed by atoms with Crippen LogP contribution in [0.4, 0.5) is 0 Å². The molecule has 0 aliphatic rings. The molecule has 0 aliphatic heterocycles. The zero-order valence-electron chi connectivity index (χ0n) is 7.37. The number of carbonyl (C=O) groups excluding carboxylic acids is 2. The first-order chi connectivity index (χ1) is 6.56. The van der Waals surface area contributed by atoms with E-state index in [-0.39, 0.29) is 6.29 Å². The van der Waals surface area contributed by atoms with Gasteiger partial charge in [0, 0.05) is 6.08 Å². The molecule has 80 valence electrons. The molecule has 0 amide bonds. The fourth-order valence-electron chi connectivity index (χ4n) is 0.687. The number of aldehydes is 1. The highest BCUT2D eigenvalue weighted by molar-refractivity contribution is 5.82. The van der Waals surface area contributed by atoms with Gasteiger partial charge in [0.1, 0.15) is 12.2 Å². The summed E-state index contributed by atoms with van der Waals surface area (Å²) in [6.07, 6.45) is -3.73. The van der Waals surface area contributed by atoms with Crippen molar-refractivity contribution in [2.75, 3.05) is 6.61 Å². The van der Waals surface area contributed by atoms with E-state index in [0.717, 1.165) is 6.08 Å². The zero-order valence-corrected chi connectivity index (χ0v) is 7.37. The second-order valence-electron chi connectivity index (χ2n) is 2.48. The Balaban J connectivity index is 4.32. The molecule has 6 heteroatoms. The summed E-state index contributed by atoms with van der Waals surface area (Å²) < 4.78 is 4.39. The molecule has 0 aromatic rings. The summed E-state index contributed by atoms with van der Waals surface area (Å²) >= 11 is 0. The average molecular weight is 204 g/mol. The molecule has 3 N–H and O–H groups in total. The third-order valence-electron chi connectivity index (χ3n) is 1.47. The Labute approximate surface area is 80.4 Å². The molecule has 6 nitrogen and oxygen atoms in total. The highest BCUT2D eigenvalue weighted by atomic mass is 16.6. The second kappa shape index (κ2) is 6.25. The van der Waals surface area contributed by atoms with Gasteiger partial charge in [-0.15, -0.1) is 0 Å². The first-order valence-corrected chi connectivity index (χ1v) is 3.82. The summed E-state index contributed by atoms with van der Waals surface area (Å²) in [6, 6.07) is 0. The highest BCUT2D eigenvalue weighted by Crippen LogP contribution is 2.03. The molecular weight excluding hydrogens is 192 g/mol. The van der Waals surface area contributed by atoms with E-state index >= 15 is 0 Å². The molecule has 0 spiro atoms. The van der Waals surface area contributed by atoms with Crippen LogP contribution in [0.5, 0.6) is 0 Å². The number of hydrogen-bond donors (Lipinski definition) is 3. The lowest BCUT2D eigenvalue weighted by Gasteiger charge is -2.20. The van der Waals surface area contributed by atoms with Crippen molar-refractivity contribution < 1.29 is 29.6 Å². The van der Waals surface area contributed by atoms with E-state index in [9.17, 15) is 9.59 Å². The quantitative estimate of drug-likeness (QED) is 0.262. The molecule has 0 saturated heterocycles. The van der Waals surface area contributed by atoms with Crippen LogP contribution >= 0.6 is 0 Å². The third-order valence-corrected chi connectivity index (χ3v) is 1.47. The maximum absolute atomic E-state index is 10.6. The predicted octanol–water partition coefficient (Wildman–Crippen LogP) is -2.00. The van der Waals surface area contributed by atoms with Gasteiger partial charge in [-0.3, -0.25) is 4.79 Å². The molecule has 0 bridgehead atoms. The Hall–Kier alpha value is -1.24. The summed E-state index contributed by atoms with van der Waals surface area (Å²) in [5, 5.41) is 26.6. The summed E-state index contributed by atoms with van der Waals surface area (Å²) in [5.41, 5.74) is 0. The molecular formula is C8H12O6. The van der Waals surface area contributed by atoms with Crippen LogP contribution in [0.2, 0.25) is 0 Å². The zero-order chi connectivity index (χ0) is 11.1. The van der Waals surface area contributed by atoms with Gasteiger partial charge in [0.2, 0.25) is 0 Å². The van der Waals surface area contributed by atoms with Gasteiger partial charge in [0.05, 0.1) is 6.61 Å². The summed E-state index contributed by atoms with van der Waals surface area (Å²) in [5.74, 6) is -0.897. The minimum atomic E-state index is -1.65. The minimum absolute atomic E-state index is 0.158. The topological polar surface area (TPSA) is 104 Å². The number of hydrogen-bond acceptors (Lipinski definition) is 6. The fourth-order valence-corrected chi connectivity index (χ4v) is 0.687. The molecule has 0 aromatic heterocycles. The molecule has 0 heterocycles.